The van der Waals surface area contributed by atoms with Gasteiger partial charge in [-0.2, -0.15) is 0 Å². The first kappa shape index (κ1) is 16.6. The van der Waals surface area contributed by atoms with E-state index in [0.717, 1.165) is 9.13 Å². The molecule has 0 aromatic heterocycles. The first-order valence-electron chi connectivity index (χ1n) is 7.29. The van der Waals surface area contributed by atoms with Gasteiger partial charge in [-0.05, 0) is 65.4 Å². The number of amides is 2. The lowest BCUT2D eigenvalue weighted by molar-refractivity contribution is -0.131. The molecule has 1 unspecified atom stereocenters. The highest BCUT2D eigenvalue weighted by Crippen LogP contribution is 2.30. The first-order valence-corrected chi connectivity index (χ1v) is 8.37. The summed E-state index contributed by atoms with van der Waals surface area (Å²) in [6, 6.07) is 12.4. The number of benzene rings is 2. The van der Waals surface area contributed by atoms with Crippen molar-refractivity contribution in [3.05, 3.63) is 57.2 Å². The molecule has 2 aromatic carbocycles. The third-order valence-corrected chi connectivity index (χ3v) is 4.73. The number of nitrogens with one attached hydrogen (secondary N) is 2. The fraction of sp³-hybridized carbons (Fsp3) is 0.176. The lowest BCUT2D eigenvalue weighted by Crippen LogP contribution is -2.50. The van der Waals surface area contributed by atoms with Crippen molar-refractivity contribution in [2.24, 2.45) is 0 Å². The summed E-state index contributed by atoms with van der Waals surface area (Å²) in [5, 5.41) is 0. The van der Waals surface area contributed by atoms with Crippen LogP contribution in [0.25, 0.3) is 0 Å². The Kier molecular flexibility index (Phi) is 4.89. The number of hydrogen-bond donors (Lipinski definition) is 2. The second-order valence-corrected chi connectivity index (χ2v) is 6.43. The van der Waals surface area contributed by atoms with E-state index in [1.54, 1.807) is 30.3 Å². The molecule has 2 aromatic rings. The summed E-state index contributed by atoms with van der Waals surface area (Å²) in [6.45, 7) is 2.00. The van der Waals surface area contributed by atoms with Gasteiger partial charge in [0.05, 0.1) is 0 Å². The number of carbonyl (C=O) groups excluding carboxylic acids is 2. The Bertz CT molecular complexity index is 794. The van der Waals surface area contributed by atoms with Gasteiger partial charge in [0.2, 0.25) is 6.10 Å². The van der Waals surface area contributed by atoms with Gasteiger partial charge in [-0.1, -0.05) is 12.1 Å². The number of fused-ring (bicyclic) bond motifs is 1. The molecule has 2 amide bonds. The predicted molar refractivity (Wildman–Crippen MR) is 95.9 cm³/mol. The third kappa shape index (κ3) is 3.61. The SMILES string of the molecule is Cc1cc(C(=O)NNC(=O)C2COc3ccccc3O2)ccc1I. The molecule has 3 rings (SSSR count). The van der Waals surface area contributed by atoms with Crippen LogP contribution in [0.1, 0.15) is 15.9 Å². The summed E-state index contributed by atoms with van der Waals surface area (Å²) < 4.78 is 12.1. The van der Waals surface area contributed by atoms with Gasteiger partial charge in [0.25, 0.3) is 11.8 Å². The second-order valence-electron chi connectivity index (χ2n) is 5.27. The van der Waals surface area contributed by atoms with E-state index < -0.39 is 12.0 Å². The monoisotopic (exact) mass is 438 g/mol. The topological polar surface area (TPSA) is 76.7 Å². The average Bonchev–Trinajstić information content (AvgIpc) is 2.61. The van der Waals surface area contributed by atoms with Crippen LogP contribution >= 0.6 is 22.6 Å². The molecule has 0 radical (unpaired) electrons. The smallest absolute Gasteiger partial charge is 0.283 e. The quantitative estimate of drug-likeness (QED) is 0.557. The molecule has 0 fully saturated rings. The Morgan fingerprint density at radius 3 is 2.62 bits per heavy atom. The van der Waals surface area contributed by atoms with Gasteiger partial charge in [-0.25, -0.2) is 0 Å². The lowest BCUT2D eigenvalue weighted by atomic mass is 10.1. The van der Waals surface area contributed by atoms with Gasteiger partial charge in [-0.3, -0.25) is 20.4 Å². The van der Waals surface area contributed by atoms with E-state index in [9.17, 15) is 9.59 Å². The standard InChI is InChI=1S/C17H15IN2O4/c1-10-8-11(6-7-12(10)18)16(21)19-20-17(22)15-9-23-13-4-2-3-5-14(13)24-15/h2-8,15H,9H2,1H3,(H,19,21)(H,20,22). The van der Waals surface area contributed by atoms with Crippen LogP contribution < -0.4 is 20.3 Å². The molecule has 0 spiro atoms. The number of para-hydroxylation sites is 2. The van der Waals surface area contributed by atoms with Gasteiger partial charge in [0.15, 0.2) is 11.5 Å². The number of halogens is 1. The van der Waals surface area contributed by atoms with Gasteiger partial charge in [0, 0.05) is 9.13 Å². The summed E-state index contributed by atoms with van der Waals surface area (Å²) in [6.07, 6.45) is -0.821. The maximum absolute atomic E-state index is 12.1. The largest absolute Gasteiger partial charge is 0.485 e. The summed E-state index contributed by atoms with van der Waals surface area (Å²) in [5.41, 5.74) is 6.23. The van der Waals surface area contributed by atoms with Crippen LogP contribution in [-0.2, 0) is 4.79 Å². The van der Waals surface area contributed by atoms with Crippen molar-refractivity contribution in [3.63, 3.8) is 0 Å². The molecule has 24 heavy (non-hydrogen) atoms. The predicted octanol–water partition coefficient (Wildman–Crippen LogP) is 2.20. The number of ether oxygens (including phenoxy) is 2. The minimum absolute atomic E-state index is 0.0847. The summed E-state index contributed by atoms with van der Waals surface area (Å²) in [5.74, 6) is 0.239. The highest BCUT2D eigenvalue weighted by Gasteiger charge is 2.27. The average molecular weight is 438 g/mol. The molecular weight excluding hydrogens is 423 g/mol. The molecule has 0 saturated heterocycles. The molecular formula is C17H15IN2O4. The van der Waals surface area contributed by atoms with Crippen LogP contribution in [0.3, 0.4) is 0 Å². The first-order chi connectivity index (χ1) is 11.5. The van der Waals surface area contributed by atoms with Gasteiger partial charge < -0.3 is 9.47 Å². The lowest BCUT2D eigenvalue weighted by Gasteiger charge is -2.25. The number of carbonyl (C=O) groups is 2. The van der Waals surface area contributed by atoms with E-state index in [-0.39, 0.29) is 12.5 Å². The fourth-order valence-electron chi connectivity index (χ4n) is 2.21. The molecule has 1 aliphatic rings. The van der Waals surface area contributed by atoms with Crippen LogP contribution in [0.5, 0.6) is 11.5 Å². The van der Waals surface area contributed by atoms with E-state index in [1.807, 2.05) is 19.1 Å². The Labute approximate surface area is 152 Å². The van der Waals surface area contributed by atoms with E-state index in [0.29, 0.717) is 17.1 Å². The van der Waals surface area contributed by atoms with Crippen molar-refractivity contribution in [1.29, 1.82) is 0 Å². The van der Waals surface area contributed by atoms with Gasteiger partial charge >= 0.3 is 0 Å². The van der Waals surface area contributed by atoms with Gasteiger partial charge in [-0.15, -0.1) is 0 Å². The number of rotatable bonds is 2. The fourth-order valence-corrected chi connectivity index (χ4v) is 2.54. The third-order valence-electron chi connectivity index (χ3n) is 3.52. The Hall–Kier alpha value is -2.29. The van der Waals surface area contributed by atoms with E-state index in [1.165, 1.54) is 0 Å². The van der Waals surface area contributed by atoms with Gasteiger partial charge in [0.1, 0.15) is 6.61 Å². The minimum Gasteiger partial charge on any atom is -0.485 e. The van der Waals surface area contributed by atoms with Crippen LogP contribution in [0.15, 0.2) is 42.5 Å². The van der Waals surface area contributed by atoms with Crippen LogP contribution in [0, 0.1) is 10.5 Å². The highest BCUT2D eigenvalue weighted by molar-refractivity contribution is 14.1. The number of hydrazine groups is 1. The van der Waals surface area contributed by atoms with Crippen molar-refractivity contribution in [2.75, 3.05) is 6.61 Å². The Morgan fingerprint density at radius 2 is 1.88 bits per heavy atom. The zero-order valence-electron chi connectivity index (χ0n) is 12.8. The summed E-state index contributed by atoms with van der Waals surface area (Å²) in [7, 11) is 0. The molecule has 2 N–H and O–H groups in total. The maximum Gasteiger partial charge on any atom is 0.283 e. The van der Waals surface area contributed by atoms with Crippen LogP contribution in [-0.4, -0.2) is 24.5 Å². The van der Waals surface area contributed by atoms with Crippen molar-refractivity contribution >= 4 is 34.4 Å². The van der Waals surface area contributed by atoms with Crippen molar-refractivity contribution in [1.82, 2.24) is 10.9 Å². The summed E-state index contributed by atoms with van der Waals surface area (Å²) >= 11 is 2.19. The van der Waals surface area contributed by atoms with Crippen molar-refractivity contribution < 1.29 is 19.1 Å². The molecule has 0 saturated carbocycles. The molecule has 124 valence electrons. The summed E-state index contributed by atoms with van der Waals surface area (Å²) in [4.78, 5) is 24.2. The van der Waals surface area contributed by atoms with E-state index >= 15 is 0 Å². The van der Waals surface area contributed by atoms with E-state index in [2.05, 4.69) is 33.4 Å². The molecule has 7 heteroatoms. The molecule has 1 heterocycles. The highest BCUT2D eigenvalue weighted by atomic mass is 127. The Morgan fingerprint density at radius 1 is 1.12 bits per heavy atom. The second kappa shape index (κ2) is 7.08. The molecule has 6 nitrogen and oxygen atoms in total. The zero-order chi connectivity index (χ0) is 17.1. The van der Waals surface area contributed by atoms with Crippen LogP contribution in [0.2, 0.25) is 0 Å². The van der Waals surface area contributed by atoms with E-state index in [4.69, 9.17) is 9.47 Å². The molecule has 1 aliphatic heterocycles. The van der Waals surface area contributed by atoms with Crippen molar-refractivity contribution in [2.45, 2.75) is 13.0 Å². The number of hydrogen-bond acceptors (Lipinski definition) is 4. The zero-order valence-corrected chi connectivity index (χ0v) is 15.0. The van der Waals surface area contributed by atoms with Crippen molar-refractivity contribution in [3.8, 4) is 11.5 Å². The molecule has 0 aliphatic carbocycles. The molecule has 1 atom stereocenters. The normalized spacial score (nSPS) is 15.5. The maximum atomic E-state index is 12.1. The Balaban J connectivity index is 1.58. The van der Waals surface area contributed by atoms with Crippen LogP contribution in [0.4, 0.5) is 0 Å². The number of aryl methyl sites for hydroxylation is 1. The minimum atomic E-state index is -0.821. The molecule has 0 bridgehead atoms.